The Kier molecular flexibility index (Phi) is 5.57. The molecule has 134 valence electrons. The number of ether oxygens (including phenoxy) is 1. The van der Waals surface area contributed by atoms with Crippen molar-refractivity contribution < 1.29 is 13.2 Å². The lowest BCUT2D eigenvalue weighted by atomic mass is 10.00. The van der Waals surface area contributed by atoms with Gasteiger partial charge in [0.1, 0.15) is 0 Å². The minimum Gasteiger partial charge on any atom is -0.371 e. The van der Waals surface area contributed by atoms with E-state index in [1.54, 1.807) is 4.31 Å². The SMILES string of the molecule is CC(C)c1ccc(C2CN(S(=O)(=O)Cc3ccccc3)CCO2)cc1. The van der Waals surface area contributed by atoms with Crippen LogP contribution in [0.5, 0.6) is 0 Å². The molecule has 0 bridgehead atoms. The van der Waals surface area contributed by atoms with Crippen LogP contribution in [0.1, 0.15) is 42.6 Å². The predicted octanol–water partition coefficient (Wildman–Crippen LogP) is 3.71. The second-order valence-corrected chi connectivity index (χ2v) is 8.75. The van der Waals surface area contributed by atoms with Crippen molar-refractivity contribution in [3.05, 3.63) is 71.3 Å². The number of rotatable bonds is 5. The van der Waals surface area contributed by atoms with Gasteiger partial charge in [0, 0.05) is 13.1 Å². The third-order valence-electron chi connectivity index (χ3n) is 4.59. The first-order chi connectivity index (χ1) is 12.0. The van der Waals surface area contributed by atoms with Gasteiger partial charge >= 0.3 is 0 Å². The molecular weight excluding hydrogens is 334 g/mol. The molecule has 0 amide bonds. The zero-order chi connectivity index (χ0) is 17.9. The smallest absolute Gasteiger partial charge is 0.218 e. The molecule has 1 saturated heterocycles. The Morgan fingerprint density at radius 2 is 1.76 bits per heavy atom. The number of hydrogen-bond acceptors (Lipinski definition) is 3. The van der Waals surface area contributed by atoms with Gasteiger partial charge in [-0.15, -0.1) is 0 Å². The zero-order valence-corrected chi connectivity index (χ0v) is 15.6. The summed E-state index contributed by atoms with van der Waals surface area (Å²) in [6.07, 6.45) is -0.208. The second kappa shape index (κ2) is 7.68. The molecule has 1 atom stereocenters. The van der Waals surface area contributed by atoms with Crippen molar-refractivity contribution in [3.8, 4) is 0 Å². The summed E-state index contributed by atoms with van der Waals surface area (Å²) in [5, 5.41) is 0. The quantitative estimate of drug-likeness (QED) is 0.817. The number of sulfonamides is 1. The molecule has 0 radical (unpaired) electrons. The molecule has 1 heterocycles. The number of hydrogen-bond donors (Lipinski definition) is 0. The maximum Gasteiger partial charge on any atom is 0.218 e. The van der Waals surface area contributed by atoms with Gasteiger partial charge in [-0.25, -0.2) is 8.42 Å². The zero-order valence-electron chi connectivity index (χ0n) is 14.8. The molecule has 2 aromatic rings. The molecule has 2 aromatic carbocycles. The van der Waals surface area contributed by atoms with Crippen LogP contribution < -0.4 is 0 Å². The van der Waals surface area contributed by atoms with E-state index in [1.807, 2.05) is 42.5 Å². The lowest BCUT2D eigenvalue weighted by Crippen LogP contribution is -2.42. The van der Waals surface area contributed by atoms with Gasteiger partial charge in [0.25, 0.3) is 0 Å². The molecular formula is C20H25NO3S. The largest absolute Gasteiger partial charge is 0.371 e. The van der Waals surface area contributed by atoms with Gasteiger partial charge in [0.15, 0.2) is 0 Å². The lowest BCUT2D eigenvalue weighted by molar-refractivity contribution is -0.00261. The third kappa shape index (κ3) is 4.48. The number of benzene rings is 2. The highest BCUT2D eigenvalue weighted by molar-refractivity contribution is 7.88. The summed E-state index contributed by atoms with van der Waals surface area (Å²) in [6, 6.07) is 17.6. The molecule has 0 saturated carbocycles. The van der Waals surface area contributed by atoms with Crippen molar-refractivity contribution in [3.63, 3.8) is 0 Å². The fourth-order valence-electron chi connectivity index (χ4n) is 3.05. The van der Waals surface area contributed by atoms with E-state index in [1.165, 1.54) is 5.56 Å². The van der Waals surface area contributed by atoms with E-state index < -0.39 is 10.0 Å². The van der Waals surface area contributed by atoms with E-state index in [4.69, 9.17) is 4.74 Å². The first kappa shape index (κ1) is 18.1. The van der Waals surface area contributed by atoms with Gasteiger partial charge in [-0.3, -0.25) is 0 Å². The fourth-order valence-corrected chi connectivity index (χ4v) is 4.56. The van der Waals surface area contributed by atoms with E-state index in [9.17, 15) is 8.42 Å². The maximum atomic E-state index is 12.7. The van der Waals surface area contributed by atoms with Crippen molar-refractivity contribution in [1.82, 2.24) is 4.31 Å². The lowest BCUT2D eigenvalue weighted by Gasteiger charge is -2.32. The standard InChI is InChI=1S/C20H25NO3S/c1-16(2)18-8-10-19(11-9-18)20-14-21(12-13-24-20)25(22,23)15-17-6-4-3-5-7-17/h3-11,16,20H,12-15H2,1-2H3. The van der Waals surface area contributed by atoms with Crippen LogP contribution in [0.4, 0.5) is 0 Å². The van der Waals surface area contributed by atoms with Gasteiger partial charge < -0.3 is 4.74 Å². The molecule has 1 aliphatic rings. The van der Waals surface area contributed by atoms with E-state index in [0.29, 0.717) is 25.6 Å². The molecule has 0 N–H and O–H groups in total. The van der Waals surface area contributed by atoms with Crippen molar-refractivity contribution >= 4 is 10.0 Å². The Morgan fingerprint density at radius 3 is 2.40 bits per heavy atom. The summed E-state index contributed by atoms with van der Waals surface area (Å²) < 4.78 is 32.9. The predicted molar refractivity (Wildman–Crippen MR) is 99.9 cm³/mol. The Morgan fingerprint density at radius 1 is 1.08 bits per heavy atom. The van der Waals surface area contributed by atoms with Crippen LogP contribution in [-0.4, -0.2) is 32.4 Å². The minimum atomic E-state index is -3.35. The van der Waals surface area contributed by atoms with Gasteiger partial charge in [-0.1, -0.05) is 68.4 Å². The van der Waals surface area contributed by atoms with Gasteiger partial charge in [0.05, 0.1) is 18.5 Å². The van der Waals surface area contributed by atoms with Crippen LogP contribution >= 0.6 is 0 Å². The minimum absolute atomic E-state index is 0.0346. The average Bonchev–Trinajstić information content (AvgIpc) is 2.62. The molecule has 1 fully saturated rings. The summed E-state index contributed by atoms with van der Waals surface area (Å²) in [7, 11) is -3.35. The molecule has 5 heteroatoms. The molecule has 3 rings (SSSR count). The molecule has 0 spiro atoms. The van der Waals surface area contributed by atoms with E-state index in [0.717, 1.165) is 11.1 Å². The highest BCUT2D eigenvalue weighted by Crippen LogP contribution is 2.26. The maximum absolute atomic E-state index is 12.7. The van der Waals surface area contributed by atoms with Gasteiger partial charge in [-0.05, 0) is 22.6 Å². The second-order valence-electron chi connectivity index (χ2n) is 6.78. The van der Waals surface area contributed by atoms with Gasteiger partial charge in [0.2, 0.25) is 10.0 Å². The summed E-state index contributed by atoms with van der Waals surface area (Å²) in [5.74, 6) is 0.511. The average molecular weight is 359 g/mol. The Hall–Kier alpha value is -1.69. The number of nitrogens with zero attached hydrogens (tertiary/aromatic N) is 1. The highest BCUT2D eigenvalue weighted by atomic mass is 32.2. The van der Waals surface area contributed by atoms with E-state index in [-0.39, 0.29) is 11.9 Å². The fraction of sp³-hybridized carbons (Fsp3) is 0.400. The van der Waals surface area contributed by atoms with Crippen LogP contribution in [0.3, 0.4) is 0 Å². The first-order valence-corrected chi connectivity index (χ1v) is 10.3. The number of morpholine rings is 1. The van der Waals surface area contributed by atoms with Crippen LogP contribution in [0.15, 0.2) is 54.6 Å². The topological polar surface area (TPSA) is 46.6 Å². The van der Waals surface area contributed by atoms with E-state index in [2.05, 4.69) is 26.0 Å². The summed E-state index contributed by atoms with van der Waals surface area (Å²) in [4.78, 5) is 0. The summed E-state index contributed by atoms with van der Waals surface area (Å²) in [6.45, 7) is 5.52. The van der Waals surface area contributed by atoms with Crippen LogP contribution in [-0.2, 0) is 20.5 Å². The van der Waals surface area contributed by atoms with Gasteiger partial charge in [-0.2, -0.15) is 4.31 Å². The summed E-state index contributed by atoms with van der Waals surface area (Å²) in [5.41, 5.74) is 3.11. The van der Waals surface area contributed by atoms with Crippen LogP contribution in [0.2, 0.25) is 0 Å². The van der Waals surface area contributed by atoms with Crippen LogP contribution in [0.25, 0.3) is 0 Å². The van der Waals surface area contributed by atoms with E-state index >= 15 is 0 Å². The molecule has 1 aliphatic heterocycles. The Labute approximate surface area is 150 Å². The Bertz CT molecular complexity index is 785. The summed E-state index contributed by atoms with van der Waals surface area (Å²) >= 11 is 0. The first-order valence-electron chi connectivity index (χ1n) is 8.69. The van der Waals surface area contributed by atoms with Crippen molar-refractivity contribution in [1.29, 1.82) is 0 Å². The highest BCUT2D eigenvalue weighted by Gasteiger charge is 2.30. The Balaban J connectivity index is 1.72. The monoisotopic (exact) mass is 359 g/mol. The molecule has 0 aliphatic carbocycles. The van der Waals surface area contributed by atoms with Crippen molar-refractivity contribution in [2.75, 3.05) is 19.7 Å². The van der Waals surface area contributed by atoms with Crippen molar-refractivity contribution in [2.45, 2.75) is 31.6 Å². The normalized spacial score (nSPS) is 19.2. The third-order valence-corrected chi connectivity index (χ3v) is 6.41. The molecule has 4 nitrogen and oxygen atoms in total. The molecule has 0 aromatic heterocycles. The van der Waals surface area contributed by atoms with Crippen molar-refractivity contribution in [2.24, 2.45) is 0 Å². The molecule has 1 unspecified atom stereocenters. The molecule has 25 heavy (non-hydrogen) atoms. The van der Waals surface area contributed by atoms with Crippen LogP contribution in [0, 0.1) is 0 Å².